The maximum atomic E-state index is 14.8. The zero-order valence-electron chi connectivity index (χ0n) is 26.5. The number of benzene rings is 1. The third-order valence-electron chi connectivity index (χ3n) is 14.9. The molecular formula is C37H53FO3. The second kappa shape index (κ2) is 9.41. The van der Waals surface area contributed by atoms with Gasteiger partial charge in [-0.05, 0) is 144 Å². The van der Waals surface area contributed by atoms with E-state index >= 15 is 0 Å². The van der Waals surface area contributed by atoms with Crippen LogP contribution in [0, 0.1) is 68.4 Å². The van der Waals surface area contributed by atoms with E-state index in [1.165, 1.54) is 69.1 Å². The summed E-state index contributed by atoms with van der Waals surface area (Å²) >= 11 is 0. The van der Waals surface area contributed by atoms with Gasteiger partial charge in [0.15, 0.2) is 0 Å². The normalized spacial score (nSPS) is 44.8. The molecule has 4 heteroatoms. The van der Waals surface area contributed by atoms with Gasteiger partial charge in [0.2, 0.25) is 0 Å². The second-order valence-corrected chi connectivity index (χ2v) is 16.7. The highest BCUT2D eigenvalue weighted by Gasteiger charge is 2.70. The highest BCUT2D eigenvalue weighted by molar-refractivity contribution is 5.88. The van der Waals surface area contributed by atoms with Crippen molar-refractivity contribution in [2.45, 2.75) is 106 Å². The fourth-order valence-electron chi connectivity index (χ4n) is 12.8. The Balaban J connectivity index is 1.37. The van der Waals surface area contributed by atoms with Crippen LogP contribution < -0.4 is 0 Å². The molecule has 1 aromatic rings. The first-order valence-corrected chi connectivity index (χ1v) is 16.5. The largest absolute Gasteiger partial charge is 0.478 e. The summed E-state index contributed by atoms with van der Waals surface area (Å²) < 4.78 is 14.8. The number of allylic oxidation sites excluding steroid dienone is 2. The second-order valence-electron chi connectivity index (χ2n) is 16.7. The Morgan fingerprint density at radius 1 is 0.951 bits per heavy atom. The van der Waals surface area contributed by atoms with E-state index in [1.54, 1.807) is 0 Å². The van der Waals surface area contributed by atoms with Gasteiger partial charge in [0.1, 0.15) is 5.82 Å². The minimum absolute atomic E-state index is 0.129. The third-order valence-corrected chi connectivity index (χ3v) is 14.9. The van der Waals surface area contributed by atoms with Gasteiger partial charge in [-0.25, -0.2) is 9.18 Å². The molecule has 1 aromatic carbocycles. The Hall–Kier alpha value is -1.68. The number of carboxylic acids is 1. The predicted molar refractivity (Wildman–Crippen MR) is 163 cm³/mol. The minimum Gasteiger partial charge on any atom is -0.478 e. The van der Waals surface area contributed by atoms with Gasteiger partial charge < -0.3 is 10.2 Å². The van der Waals surface area contributed by atoms with Crippen molar-refractivity contribution in [2.75, 3.05) is 6.61 Å². The van der Waals surface area contributed by atoms with E-state index < -0.39 is 11.8 Å². The van der Waals surface area contributed by atoms with E-state index in [1.807, 2.05) is 6.07 Å². The fourth-order valence-corrected chi connectivity index (χ4v) is 12.8. The Labute approximate surface area is 247 Å². The standard InChI is InChI=1S/C37H53FO3/c1-22(2)24-12-17-37(21-39)19-18-35(6)27(31(24)37)10-11-30-34(5)15-13-26(23-8-9-25(32(40)41)28(38)20-23)33(3,4)29(34)14-16-36(30,35)7/h8-9,13,20,22,24,27,29-31,39H,10-12,14-19,21H2,1-7H3,(H,40,41). The van der Waals surface area contributed by atoms with E-state index in [0.29, 0.717) is 36.2 Å². The highest BCUT2D eigenvalue weighted by atomic mass is 19.1. The minimum atomic E-state index is -1.22. The fraction of sp³-hybridized carbons (Fsp3) is 0.757. The van der Waals surface area contributed by atoms with Crippen LogP contribution in [0.5, 0.6) is 0 Å². The molecule has 4 saturated carbocycles. The van der Waals surface area contributed by atoms with E-state index in [4.69, 9.17) is 0 Å². The lowest BCUT2D eigenvalue weighted by molar-refractivity contribution is -0.230. The van der Waals surface area contributed by atoms with Crippen LogP contribution in [0.15, 0.2) is 24.3 Å². The lowest BCUT2D eigenvalue weighted by Crippen LogP contribution is -2.65. The third kappa shape index (κ3) is 3.80. The van der Waals surface area contributed by atoms with Crippen molar-refractivity contribution in [3.8, 4) is 0 Å². The smallest absolute Gasteiger partial charge is 0.338 e. The summed E-state index contributed by atoms with van der Waals surface area (Å²) in [6.07, 6.45) is 13.3. The lowest BCUT2D eigenvalue weighted by atomic mass is 9.32. The number of halogens is 1. The Bertz CT molecular complexity index is 1260. The van der Waals surface area contributed by atoms with Crippen molar-refractivity contribution in [1.82, 2.24) is 0 Å². The van der Waals surface area contributed by atoms with Gasteiger partial charge in [0.05, 0.1) is 5.56 Å². The van der Waals surface area contributed by atoms with Crippen molar-refractivity contribution >= 4 is 11.5 Å². The molecule has 2 N–H and O–H groups in total. The molecule has 5 aliphatic rings. The van der Waals surface area contributed by atoms with E-state index in [0.717, 1.165) is 17.9 Å². The van der Waals surface area contributed by atoms with Crippen molar-refractivity contribution in [2.24, 2.45) is 62.6 Å². The molecule has 0 aromatic heterocycles. The van der Waals surface area contributed by atoms with Gasteiger partial charge >= 0.3 is 5.97 Å². The van der Waals surface area contributed by atoms with Crippen LogP contribution >= 0.6 is 0 Å². The maximum Gasteiger partial charge on any atom is 0.338 e. The molecule has 226 valence electrons. The van der Waals surface area contributed by atoms with Crippen LogP contribution in [0.25, 0.3) is 5.57 Å². The number of hydrogen-bond acceptors (Lipinski definition) is 2. The van der Waals surface area contributed by atoms with Gasteiger partial charge in [-0.15, -0.1) is 0 Å². The zero-order valence-corrected chi connectivity index (χ0v) is 26.5. The summed E-state index contributed by atoms with van der Waals surface area (Å²) in [6.45, 7) is 17.8. The molecule has 0 saturated heterocycles. The zero-order chi connectivity index (χ0) is 29.8. The van der Waals surface area contributed by atoms with Crippen LogP contribution in [0.2, 0.25) is 0 Å². The van der Waals surface area contributed by atoms with Gasteiger partial charge in [-0.1, -0.05) is 60.6 Å². The molecule has 0 amide bonds. The molecule has 9 atom stereocenters. The Morgan fingerprint density at radius 3 is 2.32 bits per heavy atom. The number of rotatable bonds is 4. The summed E-state index contributed by atoms with van der Waals surface area (Å²) in [6, 6.07) is 4.69. The number of carboxylic acid groups (broad SMARTS) is 1. The van der Waals surface area contributed by atoms with Crippen LogP contribution in [-0.2, 0) is 0 Å². The highest BCUT2D eigenvalue weighted by Crippen LogP contribution is 2.77. The topological polar surface area (TPSA) is 57.5 Å². The van der Waals surface area contributed by atoms with Crippen LogP contribution in [0.4, 0.5) is 4.39 Å². The van der Waals surface area contributed by atoms with E-state index in [-0.39, 0.29) is 32.6 Å². The number of aliphatic hydroxyl groups is 1. The summed E-state index contributed by atoms with van der Waals surface area (Å²) in [7, 11) is 0. The molecule has 3 nitrogen and oxygen atoms in total. The summed E-state index contributed by atoms with van der Waals surface area (Å²) in [5.74, 6) is 2.00. The molecule has 41 heavy (non-hydrogen) atoms. The molecule has 5 aliphatic carbocycles. The Morgan fingerprint density at radius 2 is 1.68 bits per heavy atom. The van der Waals surface area contributed by atoms with E-state index in [9.17, 15) is 19.4 Å². The van der Waals surface area contributed by atoms with Gasteiger partial charge in [-0.2, -0.15) is 0 Å². The molecule has 0 bridgehead atoms. The van der Waals surface area contributed by atoms with Gasteiger partial charge in [0.25, 0.3) is 0 Å². The summed E-state index contributed by atoms with van der Waals surface area (Å²) in [4.78, 5) is 11.4. The number of aromatic carboxylic acids is 1. The molecule has 4 fully saturated rings. The molecule has 0 aliphatic heterocycles. The van der Waals surface area contributed by atoms with Gasteiger partial charge in [-0.3, -0.25) is 0 Å². The predicted octanol–water partition coefficient (Wildman–Crippen LogP) is 9.25. The van der Waals surface area contributed by atoms with Crippen LogP contribution in [0.1, 0.15) is 122 Å². The van der Waals surface area contributed by atoms with Crippen LogP contribution in [0.3, 0.4) is 0 Å². The first-order chi connectivity index (χ1) is 19.2. The number of aliphatic hydroxyl groups excluding tert-OH is 1. The SMILES string of the molecule is CC(C)C1CCC2(CO)CCC3(C)C(CCC4C5(C)CC=C(c6ccc(C(=O)O)c(F)c6)C(C)(C)C5CCC43C)C12. The molecular weight excluding hydrogens is 511 g/mol. The summed E-state index contributed by atoms with van der Waals surface area (Å²) in [5.41, 5.74) is 2.48. The van der Waals surface area contributed by atoms with Crippen molar-refractivity contribution < 1.29 is 19.4 Å². The molecule has 6 rings (SSSR count). The summed E-state index contributed by atoms with van der Waals surface area (Å²) in [5, 5.41) is 20.1. The quantitative estimate of drug-likeness (QED) is 0.383. The lowest BCUT2D eigenvalue weighted by Gasteiger charge is -2.72. The first-order valence-electron chi connectivity index (χ1n) is 16.5. The average molecular weight is 565 g/mol. The van der Waals surface area contributed by atoms with Crippen molar-refractivity contribution in [1.29, 1.82) is 0 Å². The average Bonchev–Trinajstić information content (AvgIpc) is 3.29. The molecule has 0 radical (unpaired) electrons. The monoisotopic (exact) mass is 564 g/mol. The first kappa shape index (κ1) is 29.4. The number of hydrogen-bond donors (Lipinski definition) is 2. The van der Waals surface area contributed by atoms with Crippen molar-refractivity contribution in [3.63, 3.8) is 0 Å². The molecule has 9 unspecified atom stereocenters. The molecule has 0 spiro atoms. The number of fused-ring (bicyclic) bond motifs is 7. The number of carbonyl (C=O) groups is 1. The molecule has 0 heterocycles. The Kier molecular flexibility index (Phi) is 6.74. The van der Waals surface area contributed by atoms with Gasteiger partial charge in [0, 0.05) is 6.61 Å². The van der Waals surface area contributed by atoms with E-state index in [2.05, 4.69) is 54.5 Å². The van der Waals surface area contributed by atoms with Crippen LogP contribution in [-0.4, -0.2) is 22.8 Å². The van der Waals surface area contributed by atoms with Crippen molar-refractivity contribution in [3.05, 3.63) is 41.2 Å². The maximum absolute atomic E-state index is 14.8.